The molecule has 4 aromatic rings. The van der Waals surface area contributed by atoms with Gasteiger partial charge in [0.25, 0.3) is 12.3 Å². The number of carbonyl (C=O) groups excluding carboxylic acids is 2. The summed E-state index contributed by atoms with van der Waals surface area (Å²) < 4.78 is 56.0. The molecule has 1 aliphatic heterocycles. The number of alkyl halides is 2. The smallest absolute Gasteiger partial charge is 0.260 e. The zero-order valence-electron chi connectivity index (χ0n) is 24.2. The van der Waals surface area contributed by atoms with Crippen molar-refractivity contribution >= 4 is 22.7 Å². The zero-order chi connectivity index (χ0) is 31.7. The third-order valence-corrected chi connectivity index (χ3v) is 9.04. The first-order chi connectivity index (χ1) is 21.5. The van der Waals surface area contributed by atoms with Gasteiger partial charge in [-0.3, -0.25) is 14.3 Å². The second-order valence-corrected chi connectivity index (χ2v) is 12.0. The number of nitrogens with one attached hydrogen (secondary N) is 1. The van der Waals surface area contributed by atoms with Crippen molar-refractivity contribution in [2.24, 2.45) is 11.7 Å². The maximum Gasteiger partial charge on any atom is 0.260 e. The SMILES string of the molecule is COc1cc(C(=O)NC[C@](O)(c2cc3c(c(-c4ccc(F)cc4)n2)OC[C@]3(C(N)=O)C(F)F)C2CC2)cc2cn(C3CC3)nc12. The molecule has 2 aliphatic carbocycles. The van der Waals surface area contributed by atoms with Crippen molar-refractivity contribution in [2.75, 3.05) is 20.3 Å². The predicted molar refractivity (Wildman–Crippen MR) is 156 cm³/mol. The van der Waals surface area contributed by atoms with Gasteiger partial charge in [0.15, 0.2) is 5.41 Å². The van der Waals surface area contributed by atoms with Gasteiger partial charge in [-0.25, -0.2) is 18.2 Å². The average molecular weight is 622 g/mol. The van der Waals surface area contributed by atoms with Crippen LogP contribution in [0.3, 0.4) is 0 Å². The molecule has 4 N–H and O–H groups in total. The monoisotopic (exact) mass is 621 g/mol. The largest absolute Gasteiger partial charge is 0.494 e. The number of hydrogen-bond donors (Lipinski definition) is 3. The molecule has 0 unspecified atom stereocenters. The van der Waals surface area contributed by atoms with Crippen LogP contribution in [-0.2, 0) is 15.8 Å². The summed E-state index contributed by atoms with van der Waals surface area (Å²) in [7, 11) is 1.49. The number of fused-ring (bicyclic) bond motifs is 2. The summed E-state index contributed by atoms with van der Waals surface area (Å²) >= 11 is 0. The fourth-order valence-electron chi connectivity index (χ4n) is 6.05. The number of rotatable bonds is 10. The molecule has 2 aromatic heterocycles. The minimum atomic E-state index is -3.23. The molecule has 0 radical (unpaired) electrons. The second-order valence-electron chi connectivity index (χ2n) is 12.0. The molecule has 10 nitrogen and oxygen atoms in total. The van der Waals surface area contributed by atoms with Gasteiger partial charge in [0.2, 0.25) is 5.91 Å². The first kappa shape index (κ1) is 29.1. The maximum atomic E-state index is 14.6. The predicted octanol–water partition coefficient (Wildman–Crippen LogP) is 3.99. The van der Waals surface area contributed by atoms with E-state index in [1.54, 1.807) is 12.1 Å². The van der Waals surface area contributed by atoms with E-state index in [1.165, 1.54) is 37.4 Å². The van der Waals surface area contributed by atoms with Crippen LogP contribution in [0.5, 0.6) is 11.5 Å². The van der Waals surface area contributed by atoms with E-state index >= 15 is 0 Å². The summed E-state index contributed by atoms with van der Waals surface area (Å²) in [4.78, 5) is 30.7. The number of aliphatic hydroxyl groups is 1. The summed E-state index contributed by atoms with van der Waals surface area (Å²) in [5.74, 6) is -2.37. The van der Waals surface area contributed by atoms with E-state index in [1.807, 2.05) is 10.9 Å². The molecule has 3 heterocycles. The van der Waals surface area contributed by atoms with Crippen LogP contribution < -0.4 is 20.5 Å². The Morgan fingerprint density at radius 2 is 1.93 bits per heavy atom. The van der Waals surface area contributed by atoms with E-state index in [-0.39, 0.29) is 40.7 Å². The minimum Gasteiger partial charge on any atom is -0.494 e. The number of carbonyl (C=O) groups is 2. The van der Waals surface area contributed by atoms with E-state index in [4.69, 9.17) is 15.2 Å². The van der Waals surface area contributed by atoms with E-state index < -0.39 is 41.7 Å². The molecule has 234 valence electrons. The van der Waals surface area contributed by atoms with Gasteiger partial charge in [0.1, 0.15) is 40.7 Å². The Morgan fingerprint density at radius 1 is 1.20 bits per heavy atom. The van der Waals surface area contributed by atoms with Crippen LogP contribution in [0.2, 0.25) is 0 Å². The quantitative estimate of drug-likeness (QED) is 0.243. The highest BCUT2D eigenvalue weighted by molar-refractivity contribution is 6.00. The molecule has 13 heteroatoms. The fraction of sp³-hybridized carbons (Fsp3) is 0.375. The van der Waals surface area contributed by atoms with E-state index in [0.717, 1.165) is 18.2 Å². The first-order valence-corrected chi connectivity index (χ1v) is 14.7. The molecule has 3 aliphatic rings. The van der Waals surface area contributed by atoms with Crippen LogP contribution in [0.25, 0.3) is 22.2 Å². The molecule has 2 aromatic carbocycles. The topological polar surface area (TPSA) is 142 Å². The Morgan fingerprint density at radius 3 is 2.56 bits per heavy atom. The molecule has 2 atom stereocenters. The van der Waals surface area contributed by atoms with Gasteiger partial charge >= 0.3 is 0 Å². The van der Waals surface area contributed by atoms with Crippen molar-refractivity contribution in [1.29, 1.82) is 0 Å². The molecule has 7 rings (SSSR count). The summed E-state index contributed by atoms with van der Waals surface area (Å²) in [6, 6.07) is 9.94. The fourth-order valence-corrected chi connectivity index (χ4v) is 6.05. The summed E-state index contributed by atoms with van der Waals surface area (Å²) in [5.41, 5.74) is 2.24. The molecule has 2 fully saturated rings. The number of nitrogens with zero attached hydrogens (tertiary/aromatic N) is 3. The van der Waals surface area contributed by atoms with Crippen molar-refractivity contribution in [3.8, 4) is 22.8 Å². The Labute approximate surface area is 255 Å². The van der Waals surface area contributed by atoms with Crippen LogP contribution in [0.15, 0.2) is 48.7 Å². The number of methoxy groups -OCH3 is 1. The highest BCUT2D eigenvalue weighted by Gasteiger charge is 2.56. The number of hydrogen-bond acceptors (Lipinski definition) is 7. The van der Waals surface area contributed by atoms with Gasteiger partial charge in [0, 0.05) is 28.3 Å². The van der Waals surface area contributed by atoms with Crippen LogP contribution in [0.4, 0.5) is 13.2 Å². The number of nitrogens with two attached hydrogens (primary N) is 1. The van der Waals surface area contributed by atoms with Gasteiger partial charge in [-0.2, -0.15) is 5.10 Å². The lowest BCUT2D eigenvalue weighted by molar-refractivity contribution is -0.130. The third-order valence-electron chi connectivity index (χ3n) is 9.04. The Hall–Kier alpha value is -4.65. The minimum absolute atomic E-state index is 0.0412. The van der Waals surface area contributed by atoms with Gasteiger partial charge in [-0.1, -0.05) is 0 Å². The Balaban J connectivity index is 1.27. The molecule has 0 spiro atoms. The second kappa shape index (κ2) is 10.5. The van der Waals surface area contributed by atoms with Gasteiger partial charge in [-0.05, 0) is 74.1 Å². The van der Waals surface area contributed by atoms with Crippen LogP contribution in [0, 0.1) is 11.7 Å². The van der Waals surface area contributed by atoms with Crippen molar-refractivity contribution in [3.05, 3.63) is 71.3 Å². The molecule has 45 heavy (non-hydrogen) atoms. The zero-order valence-corrected chi connectivity index (χ0v) is 24.2. The number of benzene rings is 2. The van der Waals surface area contributed by atoms with Gasteiger partial charge in [0.05, 0.1) is 25.4 Å². The lowest BCUT2D eigenvalue weighted by Gasteiger charge is -2.30. The van der Waals surface area contributed by atoms with Crippen LogP contribution in [-0.4, -0.2) is 58.4 Å². The highest BCUT2D eigenvalue weighted by atomic mass is 19.3. The van der Waals surface area contributed by atoms with E-state index in [0.29, 0.717) is 35.7 Å². The van der Waals surface area contributed by atoms with Gasteiger partial charge in [-0.15, -0.1) is 0 Å². The lowest BCUT2D eigenvalue weighted by atomic mass is 9.79. The maximum absolute atomic E-state index is 14.6. The van der Waals surface area contributed by atoms with Crippen molar-refractivity contribution in [3.63, 3.8) is 0 Å². The number of pyridine rings is 1. The van der Waals surface area contributed by atoms with E-state index in [2.05, 4.69) is 15.4 Å². The molecule has 2 saturated carbocycles. The van der Waals surface area contributed by atoms with Gasteiger partial charge < -0.3 is 25.6 Å². The lowest BCUT2D eigenvalue weighted by Crippen LogP contribution is -2.49. The molecule has 0 saturated heterocycles. The normalized spacial score (nSPS) is 20.5. The third kappa shape index (κ3) is 4.76. The summed E-state index contributed by atoms with van der Waals surface area (Å²) in [6.07, 6.45) is 1.89. The Kier molecular flexibility index (Phi) is 6.77. The Bertz CT molecular complexity index is 1840. The highest BCUT2D eigenvalue weighted by Crippen LogP contribution is 2.51. The van der Waals surface area contributed by atoms with Crippen LogP contribution >= 0.6 is 0 Å². The number of amides is 2. The van der Waals surface area contributed by atoms with Crippen molar-refractivity contribution in [1.82, 2.24) is 20.1 Å². The van der Waals surface area contributed by atoms with Crippen molar-refractivity contribution < 1.29 is 37.3 Å². The number of aromatic nitrogens is 3. The average Bonchev–Trinajstić information content (AvgIpc) is 3.97. The molecular formula is C32H30F3N5O5. The molecule has 2 amide bonds. The number of primary amides is 1. The standard InChI is InChI=1S/C32H30F3N5O5/c1-44-23-11-17(10-18-13-40(21-8-9-21)39-25(18)23)28(41)37-14-32(43,19-4-5-19)24-12-22-27(45-15-31(22,29(34)35)30(36)42)26(38-24)16-2-6-20(33)7-3-16/h2-3,6-7,10-13,19,21,29,43H,4-5,8-9,14-15H2,1H3,(H2,36,42)(H,37,41)/t31-,32-/m1/s1. The molecule has 0 bridgehead atoms. The molecular weight excluding hydrogens is 591 g/mol. The van der Waals surface area contributed by atoms with Crippen LogP contribution in [0.1, 0.15) is 53.3 Å². The van der Waals surface area contributed by atoms with E-state index in [9.17, 15) is 27.9 Å². The first-order valence-electron chi connectivity index (χ1n) is 14.7. The number of ether oxygens (including phenoxy) is 2. The summed E-state index contributed by atoms with van der Waals surface area (Å²) in [6.45, 7) is -1.04. The number of halogens is 3. The van der Waals surface area contributed by atoms with Crippen molar-refractivity contribution in [2.45, 2.75) is 49.2 Å². The summed E-state index contributed by atoms with van der Waals surface area (Å²) in [5, 5.41) is 20.2.